The number of hydrogen-bond acceptors (Lipinski definition) is 6. The number of benzene rings is 1. The smallest absolute Gasteiger partial charge is 0.254 e. The monoisotopic (exact) mass is 422 g/mol. The fourth-order valence-corrected chi connectivity index (χ4v) is 3.60. The molecule has 0 saturated carbocycles. The number of aromatic nitrogens is 2. The molecule has 0 bridgehead atoms. The Morgan fingerprint density at radius 1 is 1.33 bits per heavy atom. The van der Waals surface area contributed by atoms with E-state index < -0.39 is 11.6 Å². The minimum absolute atomic E-state index is 0.0846. The fraction of sp³-hybridized carbons (Fsp3) is 0.500. The highest BCUT2D eigenvalue weighted by molar-refractivity contribution is 5.94. The summed E-state index contributed by atoms with van der Waals surface area (Å²) in [7, 11) is 1.53. The highest BCUT2D eigenvalue weighted by Crippen LogP contribution is 2.20. The van der Waals surface area contributed by atoms with Gasteiger partial charge in [0.15, 0.2) is 17.5 Å². The van der Waals surface area contributed by atoms with Crippen molar-refractivity contribution >= 4 is 11.8 Å². The van der Waals surface area contributed by atoms with Crippen LogP contribution in [0.2, 0.25) is 0 Å². The summed E-state index contributed by atoms with van der Waals surface area (Å²) in [6.07, 6.45) is 1.84. The lowest BCUT2D eigenvalue weighted by Gasteiger charge is -2.39. The summed E-state index contributed by atoms with van der Waals surface area (Å²) in [5.41, 5.74) is 0.0846. The van der Waals surface area contributed by atoms with Crippen LogP contribution >= 0.6 is 0 Å². The third kappa shape index (κ3) is 5.18. The second-order valence-corrected chi connectivity index (χ2v) is 7.18. The van der Waals surface area contributed by atoms with E-state index in [0.29, 0.717) is 44.2 Å². The van der Waals surface area contributed by atoms with Crippen LogP contribution in [-0.2, 0) is 22.6 Å². The van der Waals surface area contributed by atoms with Gasteiger partial charge in [0.2, 0.25) is 5.91 Å². The molecule has 1 atom stereocenters. The first kappa shape index (κ1) is 21.8. The van der Waals surface area contributed by atoms with Crippen molar-refractivity contribution in [1.82, 2.24) is 19.9 Å². The van der Waals surface area contributed by atoms with Crippen LogP contribution in [0.5, 0.6) is 0 Å². The summed E-state index contributed by atoms with van der Waals surface area (Å²) in [6.45, 7) is 2.87. The highest BCUT2D eigenvalue weighted by atomic mass is 19.2. The van der Waals surface area contributed by atoms with Crippen molar-refractivity contribution in [3.05, 3.63) is 47.1 Å². The van der Waals surface area contributed by atoms with E-state index in [4.69, 9.17) is 9.26 Å². The van der Waals surface area contributed by atoms with E-state index in [0.717, 1.165) is 18.6 Å². The Hall–Kier alpha value is -2.88. The van der Waals surface area contributed by atoms with Crippen molar-refractivity contribution in [1.29, 1.82) is 0 Å². The number of carbonyl (C=O) groups is 2. The Morgan fingerprint density at radius 3 is 2.83 bits per heavy atom. The summed E-state index contributed by atoms with van der Waals surface area (Å²) in [5.74, 6) is -1.73. The number of methoxy groups -OCH3 is 1. The lowest BCUT2D eigenvalue weighted by Crippen LogP contribution is -2.51. The molecule has 1 fully saturated rings. The molecule has 0 N–H and O–H groups in total. The highest BCUT2D eigenvalue weighted by Gasteiger charge is 2.30. The molecule has 3 rings (SSSR count). The van der Waals surface area contributed by atoms with Gasteiger partial charge < -0.3 is 19.1 Å². The number of nitrogens with zero attached hydrogens (tertiary/aromatic N) is 4. The van der Waals surface area contributed by atoms with Gasteiger partial charge in [-0.25, -0.2) is 8.78 Å². The third-order valence-electron chi connectivity index (χ3n) is 5.05. The fourth-order valence-electron chi connectivity index (χ4n) is 3.60. The van der Waals surface area contributed by atoms with E-state index in [1.165, 1.54) is 20.1 Å². The van der Waals surface area contributed by atoms with Crippen LogP contribution in [0, 0.1) is 11.6 Å². The zero-order chi connectivity index (χ0) is 21.7. The van der Waals surface area contributed by atoms with Crippen molar-refractivity contribution in [2.24, 2.45) is 0 Å². The molecule has 0 radical (unpaired) electrons. The molecular weight excluding hydrogens is 398 g/mol. The van der Waals surface area contributed by atoms with Crippen molar-refractivity contribution in [2.45, 2.75) is 38.8 Å². The molecule has 1 aliphatic heterocycles. The first-order chi connectivity index (χ1) is 14.4. The summed E-state index contributed by atoms with van der Waals surface area (Å²) >= 11 is 0. The Kier molecular flexibility index (Phi) is 7.09. The molecule has 10 heteroatoms. The van der Waals surface area contributed by atoms with Gasteiger partial charge in [-0.3, -0.25) is 9.59 Å². The number of rotatable bonds is 7. The SMILES string of the molecule is COCc1nc(CCN(C(C)=O)C2CCCN(C(=O)c3ccc(F)c(F)c3)C2)no1. The predicted octanol–water partition coefficient (Wildman–Crippen LogP) is 2.19. The zero-order valence-corrected chi connectivity index (χ0v) is 16.9. The number of piperidine rings is 1. The van der Waals surface area contributed by atoms with Crippen LogP contribution in [0.25, 0.3) is 0 Å². The summed E-state index contributed by atoms with van der Waals surface area (Å²) in [4.78, 5) is 32.4. The molecule has 1 unspecified atom stereocenters. The molecule has 1 aromatic carbocycles. The van der Waals surface area contributed by atoms with E-state index in [9.17, 15) is 18.4 Å². The van der Waals surface area contributed by atoms with Gasteiger partial charge >= 0.3 is 0 Å². The van der Waals surface area contributed by atoms with E-state index >= 15 is 0 Å². The second-order valence-electron chi connectivity index (χ2n) is 7.18. The number of halogens is 2. The number of hydrogen-bond donors (Lipinski definition) is 0. The van der Waals surface area contributed by atoms with Crippen molar-refractivity contribution in [3.8, 4) is 0 Å². The van der Waals surface area contributed by atoms with E-state index in [1.807, 2.05) is 0 Å². The maximum absolute atomic E-state index is 13.5. The van der Waals surface area contributed by atoms with Gasteiger partial charge in [-0.05, 0) is 31.0 Å². The van der Waals surface area contributed by atoms with Crippen LogP contribution < -0.4 is 0 Å². The Labute approximate surface area is 172 Å². The van der Waals surface area contributed by atoms with Crippen LogP contribution in [0.1, 0.15) is 41.8 Å². The maximum Gasteiger partial charge on any atom is 0.254 e. The molecule has 30 heavy (non-hydrogen) atoms. The summed E-state index contributed by atoms with van der Waals surface area (Å²) in [5, 5.41) is 3.87. The molecule has 162 valence electrons. The van der Waals surface area contributed by atoms with Gasteiger partial charge in [-0.1, -0.05) is 5.16 Å². The molecule has 1 aromatic heterocycles. The first-order valence-electron chi connectivity index (χ1n) is 9.71. The molecule has 0 spiro atoms. The molecule has 1 saturated heterocycles. The van der Waals surface area contributed by atoms with Gasteiger partial charge in [0.25, 0.3) is 11.8 Å². The number of likely N-dealkylation sites (tertiary alicyclic amines) is 1. The third-order valence-corrected chi connectivity index (χ3v) is 5.05. The van der Waals surface area contributed by atoms with Crippen molar-refractivity contribution in [2.75, 3.05) is 26.7 Å². The molecule has 2 heterocycles. The van der Waals surface area contributed by atoms with E-state index in [-0.39, 0.29) is 30.0 Å². The average molecular weight is 422 g/mol. The summed E-state index contributed by atoms with van der Waals surface area (Å²) in [6, 6.07) is 2.92. The van der Waals surface area contributed by atoms with Gasteiger partial charge in [0, 0.05) is 51.7 Å². The van der Waals surface area contributed by atoms with Crippen molar-refractivity contribution < 1.29 is 27.6 Å². The predicted molar refractivity (Wildman–Crippen MR) is 101 cm³/mol. The molecule has 0 aliphatic carbocycles. The Morgan fingerprint density at radius 2 is 2.13 bits per heavy atom. The lowest BCUT2D eigenvalue weighted by atomic mass is 10.0. The topological polar surface area (TPSA) is 88.8 Å². The number of carbonyl (C=O) groups excluding carboxylic acids is 2. The summed E-state index contributed by atoms with van der Waals surface area (Å²) < 4.78 is 36.7. The molecule has 8 nitrogen and oxygen atoms in total. The molecule has 2 amide bonds. The van der Waals surface area contributed by atoms with Crippen LogP contribution in [0.3, 0.4) is 0 Å². The normalized spacial score (nSPS) is 16.5. The number of ether oxygens (including phenoxy) is 1. The maximum atomic E-state index is 13.5. The van der Waals surface area contributed by atoms with Crippen molar-refractivity contribution in [3.63, 3.8) is 0 Å². The second kappa shape index (κ2) is 9.75. The Bertz CT molecular complexity index is 905. The van der Waals surface area contributed by atoms with Crippen LogP contribution in [0.4, 0.5) is 8.78 Å². The standard InChI is InChI=1S/C20H24F2N4O4/c1-13(27)26(9-7-18-23-19(12-29-2)30-24-18)15-4-3-8-25(11-15)20(28)14-5-6-16(21)17(22)10-14/h5-6,10,15H,3-4,7-9,11-12H2,1-2H3. The Balaban J connectivity index is 1.65. The van der Waals surface area contributed by atoms with Gasteiger partial charge in [-0.2, -0.15) is 4.98 Å². The van der Waals surface area contributed by atoms with Gasteiger partial charge in [-0.15, -0.1) is 0 Å². The van der Waals surface area contributed by atoms with Gasteiger partial charge in [0.1, 0.15) is 6.61 Å². The van der Waals surface area contributed by atoms with Crippen LogP contribution in [-0.4, -0.2) is 64.5 Å². The average Bonchev–Trinajstić information content (AvgIpc) is 3.17. The molecule has 2 aromatic rings. The largest absolute Gasteiger partial charge is 0.375 e. The number of amides is 2. The lowest BCUT2D eigenvalue weighted by molar-refractivity contribution is -0.132. The van der Waals surface area contributed by atoms with Crippen LogP contribution in [0.15, 0.2) is 22.7 Å². The molecule has 1 aliphatic rings. The minimum atomic E-state index is -1.06. The van der Waals surface area contributed by atoms with Gasteiger partial charge in [0.05, 0.1) is 0 Å². The zero-order valence-electron chi connectivity index (χ0n) is 16.9. The molecular formula is C20H24F2N4O4. The first-order valence-corrected chi connectivity index (χ1v) is 9.71. The minimum Gasteiger partial charge on any atom is -0.375 e. The van der Waals surface area contributed by atoms with E-state index in [2.05, 4.69) is 10.1 Å². The van der Waals surface area contributed by atoms with E-state index in [1.54, 1.807) is 9.80 Å². The quantitative estimate of drug-likeness (QED) is 0.680.